The molecule has 0 aliphatic heterocycles. The molecular formula is C18H26ClN5. The minimum atomic E-state index is 0.427. The maximum absolute atomic E-state index is 5.91. The highest BCUT2D eigenvalue weighted by molar-refractivity contribution is 6.30. The van der Waals surface area contributed by atoms with Gasteiger partial charge in [0.05, 0.1) is 0 Å². The van der Waals surface area contributed by atoms with Gasteiger partial charge in [-0.2, -0.15) is 5.10 Å². The molecule has 130 valence electrons. The van der Waals surface area contributed by atoms with E-state index in [1.54, 1.807) is 6.20 Å². The molecule has 0 bridgehead atoms. The van der Waals surface area contributed by atoms with Gasteiger partial charge in [0.15, 0.2) is 5.96 Å². The third kappa shape index (κ3) is 6.62. The van der Waals surface area contributed by atoms with Gasteiger partial charge in [0.25, 0.3) is 0 Å². The quantitative estimate of drug-likeness (QED) is 0.570. The zero-order valence-electron chi connectivity index (χ0n) is 14.4. The zero-order chi connectivity index (χ0) is 17.2. The summed E-state index contributed by atoms with van der Waals surface area (Å²) in [6.45, 7) is 7.57. The van der Waals surface area contributed by atoms with E-state index in [9.17, 15) is 0 Å². The summed E-state index contributed by atoms with van der Waals surface area (Å²) in [6, 6.07) is 9.90. The second-order valence-corrected chi connectivity index (χ2v) is 6.29. The van der Waals surface area contributed by atoms with E-state index in [-0.39, 0.29) is 0 Å². The number of nitrogens with one attached hydrogen (secondary N) is 2. The van der Waals surface area contributed by atoms with E-state index in [1.807, 2.05) is 29.1 Å². The Bertz CT molecular complexity index is 607. The molecular weight excluding hydrogens is 322 g/mol. The Hall–Kier alpha value is -2.01. The van der Waals surface area contributed by atoms with Gasteiger partial charge in [0.2, 0.25) is 0 Å². The number of nitrogens with zero attached hydrogens (tertiary/aromatic N) is 3. The van der Waals surface area contributed by atoms with Crippen LogP contribution in [0.5, 0.6) is 0 Å². The van der Waals surface area contributed by atoms with Crippen molar-refractivity contribution in [2.45, 2.75) is 26.8 Å². The Morgan fingerprint density at radius 2 is 2.08 bits per heavy atom. The summed E-state index contributed by atoms with van der Waals surface area (Å²) in [5, 5.41) is 11.7. The van der Waals surface area contributed by atoms with Crippen LogP contribution in [0.4, 0.5) is 0 Å². The van der Waals surface area contributed by atoms with E-state index in [0.717, 1.165) is 43.6 Å². The van der Waals surface area contributed by atoms with Gasteiger partial charge in [0.1, 0.15) is 0 Å². The summed E-state index contributed by atoms with van der Waals surface area (Å²) in [4.78, 5) is 4.67. The smallest absolute Gasteiger partial charge is 0.191 e. The standard InChI is InChI=1S/C18H26ClN5/c1-3-20-18(21-11-9-16-5-7-17(19)8-6-16)22-13-15(2)14-24-12-4-10-23-24/h4-8,10,12,15H,3,9,11,13-14H2,1-2H3,(H2,20,21,22). The van der Waals surface area contributed by atoms with E-state index in [0.29, 0.717) is 5.92 Å². The summed E-state index contributed by atoms with van der Waals surface area (Å²) in [5.74, 6) is 1.29. The molecule has 0 fully saturated rings. The van der Waals surface area contributed by atoms with Gasteiger partial charge in [-0.25, -0.2) is 0 Å². The second kappa shape index (κ2) is 9.98. The predicted molar refractivity (Wildman–Crippen MR) is 101 cm³/mol. The lowest BCUT2D eigenvalue weighted by Gasteiger charge is -2.13. The van der Waals surface area contributed by atoms with Crippen molar-refractivity contribution in [2.75, 3.05) is 19.6 Å². The Labute approximate surface area is 149 Å². The number of hydrogen-bond acceptors (Lipinski definition) is 2. The molecule has 1 unspecified atom stereocenters. The summed E-state index contributed by atoms with van der Waals surface area (Å²) in [7, 11) is 0. The van der Waals surface area contributed by atoms with Crippen LogP contribution < -0.4 is 10.6 Å². The monoisotopic (exact) mass is 347 g/mol. The van der Waals surface area contributed by atoms with Crippen LogP contribution in [0.15, 0.2) is 47.7 Å². The van der Waals surface area contributed by atoms with Gasteiger partial charge in [-0.3, -0.25) is 9.67 Å². The number of hydrogen-bond donors (Lipinski definition) is 2. The minimum absolute atomic E-state index is 0.427. The Balaban J connectivity index is 1.78. The van der Waals surface area contributed by atoms with Crippen molar-refractivity contribution in [1.29, 1.82) is 0 Å². The van der Waals surface area contributed by atoms with Gasteiger partial charge in [0, 0.05) is 43.6 Å². The van der Waals surface area contributed by atoms with Crippen LogP contribution in [0.1, 0.15) is 19.4 Å². The number of aliphatic imine (C=N–C) groups is 1. The molecule has 1 heterocycles. The molecule has 1 aromatic heterocycles. The Morgan fingerprint density at radius 1 is 1.29 bits per heavy atom. The van der Waals surface area contributed by atoms with Crippen molar-refractivity contribution < 1.29 is 0 Å². The average molecular weight is 348 g/mol. The summed E-state index contributed by atoms with van der Waals surface area (Å²) in [6.07, 6.45) is 4.72. The SMILES string of the molecule is CCNC(=NCC(C)Cn1cccn1)NCCc1ccc(Cl)cc1. The normalized spacial score (nSPS) is 12.9. The maximum Gasteiger partial charge on any atom is 0.191 e. The van der Waals surface area contributed by atoms with Crippen molar-refractivity contribution in [2.24, 2.45) is 10.9 Å². The van der Waals surface area contributed by atoms with E-state index >= 15 is 0 Å². The number of halogens is 1. The van der Waals surface area contributed by atoms with Crippen molar-refractivity contribution in [3.8, 4) is 0 Å². The first-order valence-electron chi connectivity index (χ1n) is 8.41. The first kappa shape index (κ1) is 18.3. The molecule has 6 heteroatoms. The molecule has 2 N–H and O–H groups in total. The lowest BCUT2D eigenvalue weighted by atomic mass is 10.1. The molecule has 5 nitrogen and oxygen atoms in total. The number of rotatable bonds is 8. The first-order chi connectivity index (χ1) is 11.7. The number of guanidine groups is 1. The molecule has 0 spiro atoms. The number of aromatic nitrogens is 2. The van der Waals surface area contributed by atoms with E-state index in [1.165, 1.54) is 5.56 Å². The van der Waals surface area contributed by atoms with E-state index in [4.69, 9.17) is 11.6 Å². The highest BCUT2D eigenvalue weighted by Gasteiger charge is 2.04. The largest absolute Gasteiger partial charge is 0.357 e. The highest BCUT2D eigenvalue weighted by Crippen LogP contribution is 2.09. The third-order valence-corrected chi connectivity index (χ3v) is 3.83. The molecule has 0 amide bonds. The molecule has 2 rings (SSSR count). The van der Waals surface area contributed by atoms with Crippen molar-refractivity contribution in [3.63, 3.8) is 0 Å². The van der Waals surface area contributed by atoms with Gasteiger partial charge >= 0.3 is 0 Å². The first-order valence-corrected chi connectivity index (χ1v) is 8.79. The third-order valence-electron chi connectivity index (χ3n) is 3.58. The van der Waals surface area contributed by atoms with Gasteiger partial charge < -0.3 is 10.6 Å². The van der Waals surface area contributed by atoms with E-state index in [2.05, 4.69) is 46.7 Å². The molecule has 0 aliphatic rings. The van der Waals surface area contributed by atoms with Gasteiger partial charge in [-0.15, -0.1) is 0 Å². The fraction of sp³-hybridized carbons (Fsp3) is 0.444. The average Bonchev–Trinajstić information content (AvgIpc) is 3.07. The van der Waals surface area contributed by atoms with Crippen LogP contribution in [-0.4, -0.2) is 35.4 Å². The van der Waals surface area contributed by atoms with Gasteiger partial charge in [-0.1, -0.05) is 30.7 Å². The van der Waals surface area contributed by atoms with Crippen LogP contribution in [0, 0.1) is 5.92 Å². The summed E-state index contributed by atoms with van der Waals surface area (Å²) >= 11 is 5.91. The molecule has 1 atom stereocenters. The summed E-state index contributed by atoms with van der Waals surface area (Å²) in [5.41, 5.74) is 1.26. The molecule has 1 aromatic carbocycles. The van der Waals surface area contributed by atoms with Crippen LogP contribution in [0.2, 0.25) is 5.02 Å². The molecule has 0 radical (unpaired) electrons. The van der Waals surface area contributed by atoms with E-state index < -0.39 is 0 Å². The fourth-order valence-electron chi connectivity index (χ4n) is 2.35. The molecule has 0 saturated carbocycles. The van der Waals surface area contributed by atoms with Gasteiger partial charge in [-0.05, 0) is 43.0 Å². The lowest BCUT2D eigenvalue weighted by molar-refractivity contribution is 0.458. The fourth-order valence-corrected chi connectivity index (χ4v) is 2.48. The highest BCUT2D eigenvalue weighted by atomic mass is 35.5. The van der Waals surface area contributed by atoms with Crippen molar-refractivity contribution in [3.05, 3.63) is 53.3 Å². The van der Waals surface area contributed by atoms with Crippen LogP contribution in [-0.2, 0) is 13.0 Å². The zero-order valence-corrected chi connectivity index (χ0v) is 15.1. The van der Waals surface area contributed by atoms with Crippen LogP contribution in [0.3, 0.4) is 0 Å². The number of benzene rings is 1. The molecule has 2 aromatic rings. The maximum atomic E-state index is 5.91. The minimum Gasteiger partial charge on any atom is -0.357 e. The van der Waals surface area contributed by atoms with Crippen LogP contribution in [0.25, 0.3) is 0 Å². The second-order valence-electron chi connectivity index (χ2n) is 5.86. The topological polar surface area (TPSA) is 54.2 Å². The van der Waals surface area contributed by atoms with Crippen molar-refractivity contribution >= 4 is 17.6 Å². The summed E-state index contributed by atoms with van der Waals surface area (Å²) < 4.78 is 1.95. The lowest BCUT2D eigenvalue weighted by Crippen LogP contribution is -2.38. The Morgan fingerprint density at radius 3 is 2.75 bits per heavy atom. The molecule has 0 aliphatic carbocycles. The van der Waals surface area contributed by atoms with Crippen molar-refractivity contribution in [1.82, 2.24) is 20.4 Å². The predicted octanol–water partition coefficient (Wildman–Crippen LogP) is 2.97. The van der Waals surface area contributed by atoms with Crippen LogP contribution >= 0.6 is 11.6 Å². The molecule has 24 heavy (non-hydrogen) atoms. The Kier molecular flexibility index (Phi) is 7.62. The molecule has 0 saturated heterocycles.